The highest BCUT2D eigenvalue weighted by Gasteiger charge is 2.33. The molecule has 1 unspecified atom stereocenters. The summed E-state index contributed by atoms with van der Waals surface area (Å²) >= 11 is 0. The maximum atomic E-state index is 11.9. The molecule has 0 bridgehead atoms. The molecule has 1 atom stereocenters. The molecule has 0 saturated carbocycles. The van der Waals surface area contributed by atoms with E-state index >= 15 is 0 Å². The van der Waals surface area contributed by atoms with Crippen molar-refractivity contribution in [3.8, 4) is 0 Å². The number of aryl methyl sites for hydroxylation is 1. The molecule has 0 radical (unpaired) electrons. The van der Waals surface area contributed by atoms with Crippen molar-refractivity contribution in [2.75, 3.05) is 12.3 Å². The third kappa shape index (κ3) is 1.99. The normalized spacial score (nSPS) is 22.0. The van der Waals surface area contributed by atoms with Crippen LogP contribution in [0.1, 0.15) is 30.5 Å². The van der Waals surface area contributed by atoms with Crippen molar-refractivity contribution in [3.05, 3.63) is 29.3 Å². The first-order chi connectivity index (χ1) is 7.54. The fraction of sp³-hybridized carbons (Fsp3) is 0.500. The molecule has 1 heterocycles. The summed E-state index contributed by atoms with van der Waals surface area (Å²) in [7, 11) is -3.06. The molecule has 1 aromatic rings. The average molecular weight is 239 g/mol. The molecular weight excluding hydrogens is 222 g/mol. The van der Waals surface area contributed by atoms with Gasteiger partial charge in [-0.15, -0.1) is 0 Å². The van der Waals surface area contributed by atoms with Crippen molar-refractivity contribution in [1.82, 2.24) is 5.32 Å². The molecule has 1 N–H and O–H groups in total. The van der Waals surface area contributed by atoms with E-state index < -0.39 is 9.84 Å². The predicted octanol–water partition coefficient (Wildman–Crippen LogP) is 1.82. The van der Waals surface area contributed by atoms with E-state index in [1.165, 1.54) is 0 Å². The van der Waals surface area contributed by atoms with Gasteiger partial charge in [-0.3, -0.25) is 0 Å². The van der Waals surface area contributed by atoms with Crippen LogP contribution >= 0.6 is 0 Å². The first-order valence-electron chi connectivity index (χ1n) is 5.61. The van der Waals surface area contributed by atoms with Gasteiger partial charge in [-0.1, -0.05) is 24.6 Å². The van der Waals surface area contributed by atoms with E-state index in [4.69, 9.17) is 0 Å². The van der Waals surface area contributed by atoms with Gasteiger partial charge in [-0.2, -0.15) is 0 Å². The quantitative estimate of drug-likeness (QED) is 0.875. The van der Waals surface area contributed by atoms with Crippen LogP contribution in [0.4, 0.5) is 0 Å². The maximum Gasteiger partial charge on any atom is 0.180 e. The molecule has 1 aromatic carbocycles. The number of nitrogens with one attached hydrogen (secondary N) is 1. The van der Waals surface area contributed by atoms with Gasteiger partial charge in [0.15, 0.2) is 9.84 Å². The van der Waals surface area contributed by atoms with Crippen molar-refractivity contribution in [2.24, 2.45) is 0 Å². The lowest BCUT2D eigenvalue weighted by atomic mass is 10.1. The van der Waals surface area contributed by atoms with Crippen LogP contribution in [-0.2, 0) is 9.84 Å². The Hall–Kier alpha value is -0.870. The van der Waals surface area contributed by atoms with E-state index in [2.05, 4.69) is 12.2 Å². The molecule has 0 aliphatic carbocycles. The van der Waals surface area contributed by atoms with Crippen molar-refractivity contribution in [2.45, 2.75) is 31.2 Å². The molecule has 16 heavy (non-hydrogen) atoms. The van der Waals surface area contributed by atoms with Crippen LogP contribution in [0.5, 0.6) is 0 Å². The van der Waals surface area contributed by atoms with Crippen molar-refractivity contribution in [3.63, 3.8) is 0 Å². The van der Waals surface area contributed by atoms with E-state index in [1.807, 2.05) is 19.1 Å². The average Bonchev–Trinajstić information content (AvgIpc) is 2.47. The molecular formula is C12H17NO2S. The van der Waals surface area contributed by atoms with Crippen molar-refractivity contribution >= 4 is 9.84 Å². The standard InChI is InChI=1S/C12H17NO2S/c1-3-6-13-11-8-16(14,15)12-5-4-9(2)7-10(11)12/h4-5,7,11,13H,3,6,8H2,1-2H3. The number of rotatable bonds is 3. The van der Waals surface area contributed by atoms with E-state index in [-0.39, 0.29) is 11.8 Å². The van der Waals surface area contributed by atoms with Crippen molar-refractivity contribution < 1.29 is 8.42 Å². The Kier molecular flexibility index (Phi) is 3.04. The van der Waals surface area contributed by atoms with Gasteiger partial charge in [0.05, 0.1) is 10.6 Å². The van der Waals surface area contributed by atoms with E-state index in [0.717, 1.165) is 24.1 Å². The second kappa shape index (κ2) is 4.18. The summed E-state index contributed by atoms with van der Waals surface area (Å²) in [5.41, 5.74) is 2.05. The highest BCUT2D eigenvalue weighted by Crippen LogP contribution is 2.33. The summed E-state index contributed by atoms with van der Waals surface area (Å²) in [5.74, 6) is 0.200. The second-order valence-electron chi connectivity index (χ2n) is 4.33. The molecule has 88 valence electrons. The number of sulfone groups is 1. The fourth-order valence-corrected chi connectivity index (χ4v) is 3.86. The summed E-state index contributed by atoms with van der Waals surface area (Å²) in [4.78, 5) is 0.506. The molecule has 0 spiro atoms. The van der Waals surface area contributed by atoms with E-state index in [9.17, 15) is 8.42 Å². The number of hydrogen-bond acceptors (Lipinski definition) is 3. The number of benzene rings is 1. The van der Waals surface area contributed by atoms with Crippen LogP contribution in [-0.4, -0.2) is 20.7 Å². The lowest BCUT2D eigenvalue weighted by Crippen LogP contribution is -2.23. The van der Waals surface area contributed by atoms with Crippen LogP contribution in [0.25, 0.3) is 0 Å². The lowest BCUT2D eigenvalue weighted by Gasteiger charge is -2.11. The van der Waals surface area contributed by atoms with Gasteiger partial charge in [0.1, 0.15) is 0 Å². The minimum Gasteiger partial charge on any atom is -0.309 e. The van der Waals surface area contributed by atoms with Crippen LogP contribution in [0.3, 0.4) is 0 Å². The summed E-state index contributed by atoms with van der Waals surface area (Å²) in [6, 6.07) is 5.54. The smallest absolute Gasteiger partial charge is 0.180 e. The number of fused-ring (bicyclic) bond motifs is 1. The molecule has 1 aliphatic heterocycles. The molecule has 0 saturated heterocycles. The summed E-state index contributed by atoms with van der Waals surface area (Å²) < 4.78 is 23.8. The molecule has 4 heteroatoms. The maximum absolute atomic E-state index is 11.9. The van der Waals surface area contributed by atoms with Gasteiger partial charge < -0.3 is 5.32 Å². The van der Waals surface area contributed by atoms with Gasteiger partial charge in [-0.25, -0.2) is 8.42 Å². The minimum absolute atomic E-state index is 0.0279. The Morgan fingerprint density at radius 2 is 2.19 bits per heavy atom. The minimum atomic E-state index is -3.06. The molecule has 0 fully saturated rings. The zero-order chi connectivity index (χ0) is 11.8. The highest BCUT2D eigenvalue weighted by molar-refractivity contribution is 7.91. The largest absolute Gasteiger partial charge is 0.309 e. The molecule has 3 nitrogen and oxygen atoms in total. The summed E-state index contributed by atoms with van der Waals surface area (Å²) in [5, 5.41) is 3.29. The predicted molar refractivity (Wildman–Crippen MR) is 64.3 cm³/mol. The Labute approximate surface area is 96.8 Å². The molecule has 1 aliphatic rings. The fourth-order valence-electron chi connectivity index (χ4n) is 2.11. The van der Waals surface area contributed by atoms with Crippen LogP contribution in [0.2, 0.25) is 0 Å². The van der Waals surface area contributed by atoms with Gasteiger partial charge in [0.2, 0.25) is 0 Å². The summed E-state index contributed by atoms with van der Waals surface area (Å²) in [6.07, 6.45) is 1.01. The molecule has 0 aromatic heterocycles. The van der Waals surface area contributed by atoms with E-state index in [1.54, 1.807) is 6.07 Å². The zero-order valence-corrected chi connectivity index (χ0v) is 10.5. The van der Waals surface area contributed by atoms with Crippen LogP contribution in [0.15, 0.2) is 23.1 Å². The monoisotopic (exact) mass is 239 g/mol. The summed E-state index contributed by atoms with van der Waals surface area (Å²) in [6.45, 7) is 4.92. The number of hydrogen-bond donors (Lipinski definition) is 1. The van der Waals surface area contributed by atoms with E-state index in [0.29, 0.717) is 4.90 Å². The Morgan fingerprint density at radius 3 is 2.88 bits per heavy atom. The Bertz CT molecular complexity index is 494. The Morgan fingerprint density at radius 1 is 1.44 bits per heavy atom. The lowest BCUT2D eigenvalue weighted by molar-refractivity contribution is 0.564. The Balaban J connectivity index is 2.40. The third-order valence-corrected chi connectivity index (χ3v) is 4.72. The van der Waals surface area contributed by atoms with Crippen LogP contribution < -0.4 is 5.32 Å². The molecule has 0 amide bonds. The van der Waals surface area contributed by atoms with Gasteiger partial charge >= 0.3 is 0 Å². The van der Waals surface area contributed by atoms with Crippen molar-refractivity contribution in [1.29, 1.82) is 0 Å². The highest BCUT2D eigenvalue weighted by atomic mass is 32.2. The van der Waals surface area contributed by atoms with Gasteiger partial charge in [-0.05, 0) is 31.5 Å². The first-order valence-corrected chi connectivity index (χ1v) is 7.26. The second-order valence-corrected chi connectivity index (χ2v) is 6.33. The first kappa shape index (κ1) is 11.6. The van der Waals surface area contributed by atoms with Crippen LogP contribution in [0, 0.1) is 6.92 Å². The molecule has 2 rings (SSSR count). The topological polar surface area (TPSA) is 46.2 Å². The SMILES string of the molecule is CCCNC1CS(=O)(=O)c2ccc(C)cc21. The third-order valence-electron chi connectivity index (χ3n) is 2.90. The van der Waals surface area contributed by atoms with Gasteiger partial charge in [0.25, 0.3) is 0 Å². The zero-order valence-electron chi connectivity index (χ0n) is 9.66. The van der Waals surface area contributed by atoms with Gasteiger partial charge in [0, 0.05) is 6.04 Å².